The van der Waals surface area contributed by atoms with Crippen molar-refractivity contribution in [2.45, 2.75) is 20.3 Å². The number of hydrogen-bond acceptors (Lipinski definition) is 3. The molecule has 5 aromatic rings. The molecule has 0 radical (unpaired) electrons. The third-order valence-electron chi connectivity index (χ3n) is 6.40. The molecule has 4 heteroatoms. The zero-order valence-corrected chi connectivity index (χ0v) is 21.7. The average molecular weight is 496 g/mol. The van der Waals surface area contributed by atoms with Crippen molar-refractivity contribution in [1.82, 2.24) is 4.98 Å². The molecule has 4 nitrogen and oxygen atoms in total. The first-order chi connectivity index (χ1) is 18.5. The van der Waals surface area contributed by atoms with Gasteiger partial charge in [0.25, 0.3) is 0 Å². The van der Waals surface area contributed by atoms with Crippen LogP contribution < -0.4 is 0 Å². The van der Waals surface area contributed by atoms with Gasteiger partial charge in [-0.25, -0.2) is 15.0 Å². The molecule has 1 heterocycles. The average Bonchev–Trinajstić information content (AvgIpc) is 3.41. The van der Waals surface area contributed by atoms with E-state index in [2.05, 4.69) is 32.2 Å². The first-order valence-electron chi connectivity index (χ1n) is 12.6. The van der Waals surface area contributed by atoms with E-state index in [0.717, 1.165) is 51.0 Å². The van der Waals surface area contributed by atoms with Gasteiger partial charge in [-0.15, -0.1) is 0 Å². The highest BCUT2D eigenvalue weighted by Crippen LogP contribution is 2.28. The number of fused-ring (bicyclic) bond motifs is 1. The van der Waals surface area contributed by atoms with Crippen LogP contribution in [-0.2, 0) is 0 Å². The topological polar surface area (TPSA) is 50.8 Å². The summed E-state index contributed by atoms with van der Waals surface area (Å²) in [5, 5.41) is 0. The van der Waals surface area contributed by atoms with Crippen molar-refractivity contribution in [3.8, 4) is 11.5 Å². The summed E-state index contributed by atoms with van der Waals surface area (Å²) in [7, 11) is 0. The van der Waals surface area contributed by atoms with Gasteiger partial charge in [0.05, 0.1) is 5.70 Å². The fraction of sp³-hybridized carbons (Fsp3) is 0.0882. The van der Waals surface area contributed by atoms with Crippen molar-refractivity contribution >= 4 is 33.9 Å². The van der Waals surface area contributed by atoms with E-state index in [0.29, 0.717) is 23.0 Å². The summed E-state index contributed by atoms with van der Waals surface area (Å²) in [6.45, 7) is 12.4. The lowest BCUT2D eigenvalue weighted by atomic mass is 10.0. The van der Waals surface area contributed by atoms with Crippen molar-refractivity contribution in [3.05, 3.63) is 139 Å². The molecular weight excluding hydrogens is 466 g/mol. The molecule has 0 saturated carbocycles. The van der Waals surface area contributed by atoms with Gasteiger partial charge in [0, 0.05) is 16.8 Å². The molecule has 0 atom stereocenters. The molecule has 0 aliphatic rings. The normalized spacial score (nSPS) is 12.1. The molecule has 186 valence electrons. The van der Waals surface area contributed by atoms with E-state index >= 15 is 0 Å². The van der Waals surface area contributed by atoms with Crippen molar-refractivity contribution in [2.75, 3.05) is 0 Å². The quantitative estimate of drug-likeness (QED) is 0.167. The molecule has 0 fully saturated rings. The Labute approximate surface area is 223 Å². The van der Waals surface area contributed by atoms with Gasteiger partial charge in [-0.1, -0.05) is 98.9 Å². The van der Waals surface area contributed by atoms with Crippen LogP contribution in [0.5, 0.6) is 0 Å². The number of aliphatic imine (C=N–C) groups is 2. The maximum atomic E-state index is 6.19. The second-order valence-corrected chi connectivity index (χ2v) is 9.05. The number of hydrogen-bond donors (Lipinski definition) is 0. The Morgan fingerprint density at radius 1 is 0.737 bits per heavy atom. The minimum absolute atomic E-state index is 0.586. The predicted octanol–water partition coefficient (Wildman–Crippen LogP) is 8.84. The molecular formula is C34H29N3O. The van der Waals surface area contributed by atoms with Gasteiger partial charge >= 0.3 is 0 Å². The van der Waals surface area contributed by atoms with E-state index in [1.807, 2.05) is 97.9 Å². The van der Waals surface area contributed by atoms with Crippen LogP contribution in [0.25, 0.3) is 33.8 Å². The van der Waals surface area contributed by atoms with E-state index in [9.17, 15) is 0 Å². The Hall–Kier alpha value is -4.83. The molecule has 5 rings (SSSR count). The Balaban J connectivity index is 1.50. The number of oxazole rings is 1. The monoisotopic (exact) mass is 495 g/mol. The van der Waals surface area contributed by atoms with Gasteiger partial charge in [-0.05, 0) is 59.9 Å². The van der Waals surface area contributed by atoms with Crippen molar-refractivity contribution in [3.63, 3.8) is 0 Å². The standard InChI is InChI=1S/C34H29N3O/c1-5-23(2)28-17-12-18-30(21-28)34-37-31-20-19-29(22-32(31)38-34)25(4)36-33(27-15-10-7-11-16-27)35-24(3)26-13-8-6-9-14-26/h6-22H,2-3,5H2,1,4H3/b35-33-,36-25+. The zero-order chi connectivity index (χ0) is 26.5. The highest BCUT2D eigenvalue weighted by atomic mass is 16.3. The second-order valence-electron chi connectivity index (χ2n) is 9.05. The van der Waals surface area contributed by atoms with Crippen LogP contribution in [0.2, 0.25) is 0 Å². The van der Waals surface area contributed by atoms with Crippen LogP contribution in [0.15, 0.2) is 131 Å². The number of nitrogens with zero attached hydrogens (tertiary/aromatic N) is 3. The van der Waals surface area contributed by atoms with Gasteiger partial charge in [0.15, 0.2) is 11.4 Å². The van der Waals surface area contributed by atoms with Crippen molar-refractivity contribution in [2.24, 2.45) is 9.98 Å². The third-order valence-corrected chi connectivity index (χ3v) is 6.40. The summed E-state index contributed by atoms with van der Waals surface area (Å²) in [5.74, 6) is 1.19. The fourth-order valence-electron chi connectivity index (χ4n) is 4.14. The molecule has 1 aromatic heterocycles. The Bertz CT molecular complexity index is 1680. The van der Waals surface area contributed by atoms with Crippen LogP contribution in [-0.4, -0.2) is 16.5 Å². The molecule has 0 aliphatic carbocycles. The second kappa shape index (κ2) is 11.1. The lowest BCUT2D eigenvalue weighted by Gasteiger charge is -2.07. The molecule has 4 aromatic carbocycles. The first kappa shape index (κ1) is 24.8. The highest BCUT2D eigenvalue weighted by molar-refractivity contribution is 6.13. The van der Waals surface area contributed by atoms with Gasteiger partial charge in [0.2, 0.25) is 5.89 Å². The van der Waals surface area contributed by atoms with E-state index < -0.39 is 0 Å². The molecule has 0 amide bonds. The number of amidine groups is 1. The Morgan fingerprint density at radius 3 is 2.13 bits per heavy atom. The van der Waals surface area contributed by atoms with Crippen LogP contribution in [0.3, 0.4) is 0 Å². The summed E-state index contributed by atoms with van der Waals surface area (Å²) in [6.07, 6.45) is 0.895. The lowest BCUT2D eigenvalue weighted by Crippen LogP contribution is -2.04. The van der Waals surface area contributed by atoms with E-state index in [-0.39, 0.29) is 0 Å². The SMILES string of the molecule is C=C(CC)c1cccc(-c2nc3ccc(/C(C)=N/C(=N\C(=C)c4ccccc4)c4ccccc4)cc3o2)c1. The maximum absolute atomic E-state index is 6.19. The van der Waals surface area contributed by atoms with Gasteiger partial charge in [-0.2, -0.15) is 0 Å². The summed E-state index contributed by atoms with van der Waals surface area (Å²) in [5.41, 5.74) is 8.89. The third kappa shape index (κ3) is 5.45. The first-order valence-corrected chi connectivity index (χ1v) is 12.6. The smallest absolute Gasteiger partial charge is 0.227 e. The summed E-state index contributed by atoms with van der Waals surface area (Å²) in [6, 6.07) is 34.0. The van der Waals surface area contributed by atoms with Crippen LogP contribution in [0.1, 0.15) is 42.5 Å². The molecule has 0 spiro atoms. The summed E-state index contributed by atoms with van der Waals surface area (Å²) in [4.78, 5) is 14.5. The Kier molecular flexibility index (Phi) is 7.23. The van der Waals surface area contributed by atoms with Crippen LogP contribution >= 0.6 is 0 Å². The summed E-state index contributed by atoms with van der Waals surface area (Å²) < 4.78 is 6.19. The number of allylic oxidation sites excluding steroid dienone is 1. The maximum Gasteiger partial charge on any atom is 0.227 e. The number of benzene rings is 4. The lowest BCUT2D eigenvalue weighted by molar-refractivity contribution is 0.620. The molecule has 38 heavy (non-hydrogen) atoms. The minimum atomic E-state index is 0.586. The number of aromatic nitrogens is 1. The fourth-order valence-corrected chi connectivity index (χ4v) is 4.14. The Morgan fingerprint density at radius 2 is 1.42 bits per heavy atom. The molecule has 0 aliphatic heterocycles. The highest BCUT2D eigenvalue weighted by Gasteiger charge is 2.12. The summed E-state index contributed by atoms with van der Waals surface area (Å²) >= 11 is 0. The van der Waals surface area contributed by atoms with Crippen LogP contribution in [0, 0.1) is 0 Å². The van der Waals surface area contributed by atoms with Gasteiger partial charge < -0.3 is 4.42 Å². The molecule has 0 bridgehead atoms. The van der Waals surface area contributed by atoms with Crippen molar-refractivity contribution < 1.29 is 4.42 Å². The number of rotatable bonds is 7. The van der Waals surface area contributed by atoms with E-state index in [1.165, 1.54) is 0 Å². The zero-order valence-electron chi connectivity index (χ0n) is 21.7. The minimum Gasteiger partial charge on any atom is -0.436 e. The molecule has 0 N–H and O–H groups in total. The van der Waals surface area contributed by atoms with Crippen molar-refractivity contribution in [1.29, 1.82) is 0 Å². The van der Waals surface area contributed by atoms with Gasteiger partial charge in [0.1, 0.15) is 5.52 Å². The largest absolute Gasteiger partial charge is 0.436 e. The van der Waals surface area contributed by atoms with Gasteiger partial charge in [-0.3, -0.25) is 0 Å². The molecule has 0 unspecified atom stereocenters. The molecule has 0 saturated heterocycles. The van der Waals surface area contributed by atoms with E-state index in [4.69, 9.17) is 19.4 Å². The van der Waals surface area contributed by atoms with Crippen LogP contribution in [0.4, 0.5) is 0 Å². The van der Waals surface area contributed by atoms with E-state index in [1.54, 1.807) is 0 Å². The predicted molar refractivity (Wildman–Crippen MR) is 159 cm³/mol.